The third kappa shape index (κ3) is 3.57. The summed E-state index contributed by atoms with van der Waals surface area (Å²) < 4.78 is 5.49. The number of nitrogens with zero attached hydrogens (tertiary/aromatic N) is 2. The van der Waals surface area contributed by atoms with Gasteiger partial charge in [0.1, 0.15) is 10.8 Å². The smallest absolute Gasteiger partial charge is 0.275 e. The molecule has 1 aliphatic rings. The van der Waals surface area contributed by atoms with Crippen LogP contribution in [0.2, 0.25) is 0 Å². The van der Waals surface area contributed by atoms with E-state index in [1.165, 1.54) is 12.1 Å². The van der Waals surface area contributed by atoms with Gasteiger partial charge in [-0.25, -0.2) is 4.98 Å². The molecule has 6 nitrogen and oxygen atoms in total. The van der Waals surface area contributed by atoms with Gasteiger partial charge in [0.25, 0.3) is 5.69 Å². The average molecular weight is 283 g/mol. The monoisotopic (exact) mass is 283 g/mol. The molecule has 1 aliphatic heterocycles. The maximum absolute atomic E-state index is 10.9. The normalized spacial score (nSPS) is 22.4. The number of hydrogen-bond acceptors (Lipinski definition) is 6. The number of pyridine rings is 1. The van der Waals surface area contributed by atoms with Crippen LogP contribution in [0.1, 0.15) is 20.3 Å². The van der Waals surface area contributed by atoms with Gasteiger partial charge < -0.3 is 10.1 Å². The van der Waals surface area contributed by atoms with Gasteiger partial charge in [-0.15, -0.1) is 0 Å². The van der Waals surface area contributed by atoms with E-state index >= 15 is 0 Å². The molecule has 0 aliphatic carbocycles. The van der Waals surface area contributed by atoms with E-state index in [-0.39, 0.29) is 16.7 Å². The lowest BCUT2D eigenvalue weighted by Gasteiger charge is -2.13. The molecule has 0 aromatic carbocycles. The van der Waals surface area contributed by atoms with E-state index in [1.54, 1.807) is 11.8 Å². The SMILES string of the molecule is CCNc1cc([N+](=O)[O-])cc(SC2CCOC2C)n1. The minimum Gasteiger partial charge on any atom is -0.377 e. The molecule has 1 aromatic heterocycles. The summed E-state index contributed by atoms with van der Waals surface area (Å²) >= 11 is 1.55. The Balaban J connectivity index is 2.20. The molecule has 19 heavy (non-hydrogen) atoms. The zero-order chi connectivity index (χ0) is 13.8. The third-order valence-electron chi connectivity index (χ3n) is 2.93. The highest BCUT2D eigenvalue weighted by Gasteiger charge is 2.26. The van der Waals surface area contributed by atoms with Crippen LogP contribution >= 0.6 is 11.8 Å². The predicted molar refractivity (Wildman–Crippen MR) is 74.7 cm³/mol. The second-order valence-corrected chi connectivity index (χ2v) is 5.62. The Bertz CT molecular complexity index is 470. The van der Waals surface area contributed by atoms with E-state index in [0.717, 1.165) is 13.0 Å². The van der Waals surface area contributed by atoms with Crippen LogP contribution in [-0.2, 0) is 4.74 Å². The summed E-state index contributed by atoms with van der Waals surface area (Å²) in [6.45, 7) is 5.38. The number of rotatable bonds is 5. The van der Waals surface area contributed by atoms with Gasteiger partial charge in [-0.3, -0.25) is 10.1 Å². The van der Waals surface area contributed by atoms with Crippen LogP contribution in [0.25, 0.3) is 0 Å². The van der Waals surface area contributed by atoms with E-state index in [0.29, 0.717) is 22.6 Å². The fraction of sp³-hybridized carbons (Fsp3) is 0.583. The first-order chi connectivity index (χ1) is 9.10. The average Bonchev–Trinajstić information content (AvgIpc) is 2.75. The Morgan fingerprint density at radius 2 is 2.42 bits per heavy atom. The highest BCUT2D eigenvalue weighted by molar-refractivity contribution is 7.99. The van der Waals surface area contributed by atoms with Crippen molar-refractivity contribution in [2.75, 3.05) is 18.5 Å². The molecule has 2 unspecified atom stereocenters. The molecule has 1 N–H and O–H groups in total. The molecule has 1 saturated heterocycles. The summed E-state index contributed by atoms with van der Waals surface area (Å²) in [6.07, 6.45) is 1.11. The molecule has 7 heteroatoms. The molecule has 0 bridgehead atoms. The Hall–Kier alpha value is -1.34. The van der Waals surface area contributed by atoms with Crippen LogP contribution in [0.15, 0.2) is 17.2 Å². The summed E-state index contributed by atoms with van der Waals surface area (Å²) in [6, 6.07) is 2.98. The summed E-state index contributed by atoms with van der Waals surface area (Å²) in [7, 11) is 0. The van der Waals surface area contributed by atoms with Crippen molar-refractivity contribution in [1.29, 1.82) is 0 Å². The highest BCUT2D eigenvalue weighted by atomic mass is 32.2. The summed E-state index contributed by atoms with van der Waals surface area (Å²) in [5, 5.41) is 14.9. The summed E-state index contributed by atoms with van der Waals surface area (Å²) in [5.74, 6) is 0.547. The van der Waals surface area contributed by atoms with Gasteiger partial charge in [0.05, 0.1) is 17.1 Å². The van der Waals surface area contributed by atoms with Gasteiger partial charge in [0.15, 0.2) is 0 Å². The van der Waals surface area contributed by atoms with Crippen molar-refractivity contribution >= 4 is 23.3 Å². The Labute approximate surface area is 116 Å². The first kappa shape index (κ1) is 14.1. The maximum Gasteiger partial charge on any atom is 0.275 e. The largest absolute Gasteiger partial charge is 0.377 e. The molecule has 2 heterocycles. The number of nitrogens with one attached hydrogen (secondary N) is 1. The standard InChI is InChI=1S/C12H17N3O3S/c1-3-13-11-6-9(15(16)17)7-12(14-11)19-10-4-5-18-8(10)2/h6-8,10H,3-5H2,1-2H3,(H,13,14). The second kappa shape index (κ2) is 6.21. The molecule has 1 fully saturated rings. The van der Waals surface area contributed by atoms with Crippen LogP contribution in [-0.4, -0.2) is 34.4 Å². The fourth-order valence-electron chi connectivity index (χ4n) is 1.95. The minimum absolute atomic E-state index is 0.0695. The molecule has 0 saturated carbocycles. The van der Waals surface area contributed by atoms with Crippen LogP contribution in [0.4, 0.5) is 11.5 Å². The van der Waals surface area contributed by atoms with Gasteiger partial charge in [-0.05, 0) is 20.3 Å². The van der Waals surface area contributed by atoms with Crippen LogP contribution < -0.4 is 5.32 Å². The number of nitro groups is 1. The number of aromatic nitrogens is 1. The van der Waals surface area contributed by atoms with Crippen LogP contribution in [0.3, 0.4) is 0 Å². The van der Waals surface area contributed by atoms with Crippen molar-refractivity contribution in [2.45, 2.75) is 36.6 Å². The summed E-state index contributed by atoms with van der Waals surface area (Å²) in [5.41, 5.74) is 0.0695. The first-order valence-electron chi connectivity index (χ1n) is 6.28. The highest BCUT2D eigenvalue weighted by Crippen LogP contribution is 2.33. The number of anilines is 1. The van der Waals surface area contributed by atoms with E-state index in [2.05, 4.69) is 10.3 Å². The molecule has 2 atom stereocenters. The zero-order valence-electron chi connectivity index (χ0n) is 11.0. The molecule has 2 rings (SSSR count). The van der Waals surface area contributed by atoms with Crippen molar-refractivity contribution in [1.82, 2.24) is 4.98 Å². The van der Waals surface area contributed by atoms with Gasteiger partial charge in [-0.2, -0.15) is 0 Å². The summed E-state index contributed by atoms with van der Waals surface area (Å²) in [4.78, 5) is 14.9. The van der Waals surface area contributed by atoms with E-state index in [9.17, 15) is 10.1 Å². The Morgan fingerprint density at radius 1 is 1.63 bits per heavy atom. The number of hydrogen-bond donors (Lipinski definition) is 1. The Morgan fingerprint density at radius 3 is 3.00 bits per heavy atom. The van der Waals surface area contributed by atoms with Crippen molar-refractivity contribution in [3.63, 3.8) is 0 Å². The van der Waals surface area contributed by atoms with E-state index < -0.39 is 0 Å². The molecule has 0 amide bonds. The molecule has 0 spiro atoms. The van der Waals surface area contributed by atoms with E-state index in [1.807, 2.05) is 13.8 Å². The van der Waals surface area contributed by atoms with Crippen LogP contribution in [0.5, 0.6) is 0 Å². The van der Waals surface area contributed by atoms with Crippen molar-refractivity contribution in [2.24, 2.45) is 0 Å². The molecular formula is C12H17N3O3S. The van der Waals surface area contributed by atoms with Crippen molar-refractivity contribution in [3.8, 4) is 0 Å². The molecule has 104 valence electrons. The molecular weight excluding hydrogens is 266 g/mol. The Kier molecular flexibility index (Phi) is 4.60. The van der Waals surface area contributed by atoms with E-state index in [4.69, 9.17) is 4.74 Å². The maximum atomic E-state index is 10.9. The number of ether oxygens (including phenoxy) is 1. The quantitative estimate of drug-likeness (QED) is 0.661. The topological polar surface area (TPSA) is 77.3 Å². The predicted octanol–water partition coefficient (Wildman–Crippen LogP) is 2.69. The third-order valence-corrected chi connectivity index (χ3v) is 4.31. The van der Waals surface area contributed by atoms with Crippen molar-refractivity contribution < 1.29 is 9.66 Å². The van der Waals surface area contributed by atoms with Gasteiger partial charge in [0, 0.05) is 24.5 Å². The van der Waals surface area contributed by atoms with Gasteiger partial charge in [-0.1, -0.05) is 11.8 Å². The lowest BCUT2D eigenvalue weighted by Crippen LogP contribution is -2.13. The lowest BCUT2D eigenvalue weighted by atomic mass is 10.3. The van der Waals surface area contributed by atoms with Gasteiger partial charge >= 0.3 is 0 Å². The lowest BCUT2D eigenvalue weighted by molar-refractivity contribution is -0.385. The minimum atomic E-state index is -0.388. The first-order valence-corrected chi connectivity index (χ1v) is 7.16. The molecule has 1 aromatic rings. The second-order valence-electron chi connectivity index (χ2n) is 4.36. The zero-order valence-corrected chi connectivity index (χ0v) is 11.8. The van der Waals surface area contributed by atoms with Crippen molar-refractivity contribution in [3.05, 3.63) is 22.2 Å². The van der Waals surface area contributed by atoms with Gasteiger partial charge in [0.2, 0.25) is 0 Å². The fourth-order valence-corrected chi connectivity index (χ4v) is 3.09. The number of thioether (sulfide) groups is 1. The molecule has 0 radical (unpaired) electrons. The van der Waals surface area contributed by atoms with Crippen LogP contribution in [0, 0.1) is 10.1 Å².